The molecule has 118 valence electrons. The second-order valence-electron chi connectivity index (χ2n) is 5.82. The molecule has 4 heteroatoms. The van der Waals surface area contributed by atoms with E-state index in [1.165, 1.54) is 20.4 Å². The Bertz CT molecular complexity index is 514. The van der Waals surface area contributed by atoms with E-state index >= 15 is 0 Å². The SMILES string of the molecule is CN=C(C)C(C)(CI)CCCOc1cc(C)c(I)cc1C. The molecule has 1 unspecified atom stereocenters. The van der Waals surface area contributed by atoms with Crippen molar-refractivity contribution in [2.45, 2.75) is 40.5 Å². The molecule has 0 aromatic heterocycles. The van der Waals surface area contributed by atoms with Crippen LogP contribution in [-0.2, 0) is 0 Å². The van der Waals surface area contributed by atoms with Crippen molar-refractivity contribution in [2.24, 2.45) is 10.4 Å². The Morgan fingerprint density at radius 1 is 1.29 bits per heavy atom. The van der Waals surface area contributed by atoms with Crippen molar-refractivity contribution in [1.82, 2.24) is 0 Å². The lowest BCUT2D eigenvalue weighted by atomic mass is 9.83. The zero-order valence-corrected chi connectivity index (χ0v) is 17.9. The van der Waals surface area contributed by atoms with Crippen molar-refractivity contribution in [2.75, 3.05) is 18.1 Å². The molecule has 0 radical (unpaired) electrons. The highest BCUT2D eigenvalue weighted by Crippen LogP contribution is 2.29. The number of rotatable bonds is 7. The van der Waals surface area contributed by atoms with Crippen LogP contribution in [0.15, 0.2) is 17.1 Å². The van der Waals surface area contributed by atoms with E-state index in [-0.39, 0.29) is 5.41 Å². The van der Waals surface area contributed by atoms with Gasteiger partial charge in [-0.3, -0.25) is 4.99 Å². The zero-order valence-electron chi connectivity index (χ0n) is 13.6. The highest BCUT2D eigenvalue weighted by molar-refractivity contribution is 14.1. The first-order chi connectivity index (χ1) is 9.84. The average Bonchev–Trinajstić information content (AvgIpc) is 2.47. The predicted molar refractivity (Wildman–Crippen MR) is 109 cm³/mol. The molecule has 0 aliphatic heterocycles. The molecule has 0 spiro atoms. The molecule has 1 aromatic carbocycles. The Labute approximate surface area is 156 Å². The molecule has 1 aromatic rings. The predicted octanol–water partition coefficient (Wildman–Crippen LogP) is 5.60. The summed E-state index contributed by atoms with van der Waals surface area (Å²) in [4.78, 5) is 4.37. The van der Waals surface area contributed by atoms with Gasteiger partial charge in [-0.25, -0.2) is 0 Å². The number of hydrogen-bond acceptors (Lipinski definition) is 2. The van der Waals surface area contributed by atoms with Crippen LogP contribution in [0.25, 0.3) is 0 Å². The van der Waals surface area contributed by atoms with Crippen molar-refractivity contribution in [1.29, 1.82) is 0 Å². The molecule has 1 atom stereocenters. The monoisotopic (exact) mass is 513 g/mol. The largest absolute Gasteiger partial charge is 0.493 e. The lowest BCUT2D eigenvalue weighted by Crippen LogP contribution is -2.28. The van der Waals surface area contributed by atoms with Gasteiger partial charge in [-0.15, -0.1) is 0 Å². The van der Waals surface area contributed by atoms with Crippen LogP contribution in [0.5, 0.6) is 5.75 Å². The van der Waals surface area contributed by atoms with E-state index in [1.54, 1.807) is 0 Å². The average molecular weight is 513 g/mol. The van der Waals surface area contributed by atoms with Crippen molar-refractivity contribution in [3.63, 3.8) is 0 Å². The van der Waals surface area contributed by atoms with Gasteiger partial charge in [0.15, 0.2) is 0 Å². The van der Waals surface area contributed by atoms with Crippen molar-refractivity contribution in [3.05, 3.63) is 26.8 Å². The second-order valence-corrected chi connectivity index (χ2v) is 7.75. The fourth-order valence-corrected chi connectivity index (χ4v) is 3.72. The fraction of sp³-hybridized carbons (Fsp3) is 0.588. The minimum atomic E-state index is 0.190. The number of nitrogens with zero attached hydrogens (tertiary/aromatic N) is 1. The van der Waals surface area contributed by atoms with Crippen LogP contribution in [0.3, 0.4) is 0 Å². The van der Waals surface area contributed by atoms with Crippen LogP contribution < -0.4 is 4.74 Å². The van der Waals surface area contributed by atoms with Crippen LogP contribution in [0.2, 0.25) is 0 Å². The number of halogens is 2. The smallest absolute Gasteiger partial charge is 0.122 e. The molecule has 0 aliphatic rings. The molecule has 0 aliphatic carbocycles. The molecule has 0 N–H and O–H groups in total. The van der Waals surface area contributed by atoms with E-state index in [2.05, 4.69) is 90.0 Å². The van der Waals surface area contributed by atoms with Crippen LogP contribution in [0, 0.1) is 22.8 Å². The van der Waals surface area contributed by atoms with Gasteiger partial charge < -0.3 is 4.74 Å². The Balaban J connectivity index is 2.57. The van der Waals surface area contributed by atoms with Crippen LogP contribution in [0.1, 0.15) is 37.8 Å². The highest BCUT2D eigenvalue weighted by Gasteiger charge is 2.25. The Hall–Kier alpha value is 0.150. The number of aliphatic imine (C=N–C) groups is 1. The summed E-state index contributed by atoms with van der Waals surface area (Å²) in [6.07, 6.45) is 2.17. The lowest BCUT2D eigenvalue weighted by molar-refractivity contribution is 0.287. The van der Waals surface area contributed by atoms with E-state index in [9.17, 15) is 0 Å². The molecule has 0 saturated heterocycles. The topological polar surface area (TPSA) is 21.6 Å². The van der Waals surface area contributed by atoms with E-state index < -0.39 is 0 Å². The molecule has 0 bridgehead atoms. The van der Waals surface area contributed by atoms with Gasteiger partial charge in [0, 0.05) is 26.2 Å². The molecular formula is C17H25I2NO. The van der Waals surface area contributed by atoms with E-state index in [1.807, 2.05) is 7.05 Å². The molecule has 2 nitrogen and oxygen atoms in total. The van der Waals surface area contributed by atoms with Crippen LogP contribution in [0.4, 0.5) is 0 Å². The Morgan fingerprint density at radius 3 is 2.52 bits per heavy atom. The summed E-state index contributed by atoms with van der Waals surface area (Å²) in [5, 5.41) is 0. The van der Waals surface area contributed by atoms with Crippen molar-refractivity contribution in [3.8, 4) is 5.75 Å². The van der Waals surface area contributed by atoms with Crippen molar-refractivity contribution >= 4 is 50.9 Å². The van der Waals surface area contributed by atoms with Crippen LogP contribution >= 0.6 is 45.2 Å². The third-order valence-corrected chi connectivity index (χ3v) is 6.94. The van der Waals surface area contributed by atoms with E-state index in [0.29, 0.717) is 0 Å². The van der Waals surface area contributed by atoms with Gasteiger partial charge in [-0.05, 0) is 79.5 Å². The first-order valence-electron chi connectivity index (χ1n) is 7.23. The normalized spacial score (nSPS) is 14.9. The van der Waals surface area contributed by atoms with E-state index in [0.717, 1.165) is 29.6 Å². The van der Waals surface area contributed by atoms with Gasteiger partial charge in [0.25, 0.3) is 0 Å². The Morgan fingerprint density at radius 2 is 1.95 bits per heavy atom. The first kappa shape index (κ1) is 19.2. The van der Waals surface area contributed by atoms with Gasteiger partial charge in [-0.1, -0.05) is 29.5 Å². The maximum atomic E-state index is 5.98. The molecule has 1 rings (SSSR count). The minimum Gasteiger partial charge on any atom is -0.493 e. The number of ether oxygens (including phenoxy) is 1. The van der Waals surface area contributed by atoms with Gasteiger partial charge in [0.1, 0.15) is 5.75 Å². The van der Waals surface area contributed by atoms with Gasteiger partial charge >= 0.3 is 0 Å². The summed E-state index contributed by atoms with van der Waals surface area (Å²) in [7, 11) is 1.88. The molecule has 0 amide bonds. The molecule has 0 fully saturated rings. The first-order valence-corrected chi connectivity index (χ1v) is 9.84. The van der Waals surface area contributed by atoms with Gasteiger partial charge in [0.05, 0.1) is 6.61 Å². The molecule has 0 heterocycles. The summed E-state index contributed by atoms with van der Waals surface area (Å²) >= 11 is 4.83. The summed E-state index contributed by atoms with van der Waals surface area (Å²) in [5.41, 5.74) is 3.92. The number of hydrogen-bond donors (Lipinski definition) is 0. The standard InChI is InChI=1S/C17H25I2NO/c1-12-10-16(13(2)9-15(12)19)21-8-6-7-17(4,11-18)14(3)20-5/h9-10H,6-8,11H2,1-5H3. The second kappa shape index (κ2) is 8.70. The Kier molecular flexibility index (Phi) is 7.95. The fourth-order valence-electron chi connectivity index (χ4n) is 2.17. The number of benzene rings is 1. The van der Waals surface area contributed by atoms with Crippen LogP contribution in [-0.4, -0.2) is 23.8 Å². The lowest BCUT2D eigenvalue weighted by Gasteiger charge is -2.27. The highest BCUT2D eigenvalue weighted by atomic mass is 127. The molecular weight excluding hydrogens is 488 g/mol. The third kappa shape index (κ3) is 5.37. The van der Waals surface area contributed by atoms with Gasteiger partial charge in [-0.2, -0.15) is 0 Å². The maximum Gasteiger partial charge on any atom is 0.122 e. The van der Waals surface area contributed by atoms with Crippen molar-refractivity contribution < 1.29 is 4.74 Å². The summed E-state index contributed by atoms with van der Waals surface area (Å²) in [6.45, 7) is 9.43. The number of alkyl halides is 1. The van der Waals surface area contributed by atoms with Gasteiger partial charge in [0.2, 0.25) is 0 Å². The molecule has 0 saturated carbocycles. The summed E-state index contributed by atoms with van der Waals surface area (Å²) in [6, 6.07) is 4.33. The van der Waals surface area contributed by atoms with E-state index in [4.69, 9.17) is 4.74 Å². The number of aryl methyl sites for hydroxylation is 2. The maximum absolute atomic E-state index is 5.98. The quantitative estimate of drug-likeness (QED) is 0.202. The zero-order chi connectivity index (χ0) is 16.0. The summed E-state index contributed by atoms with van der Waals surface area (Å²) in [5.74, 6) is 1.02. The minimum absolute atomic E-state index is 0.190. The third-order valence-electron chi connectivity index (χ3n) is 4.09. The summed E-state index contributed by atoms with van der Waals surface area (Å²) < 4.78 is 8.37. The molecule has 21 heavy (non-hydrogen) atoms.